The lowest BCUT2D eigenvalue weighted by atomic mass is 10.3. The van der Waals surface area contributed by atoms with Gasteiger partial charge in [-0.25, -0.2) is 4.98 Å². The molecular formula is C8H9N3O. The predicted molar refractivity (Wildman–Crippen MR) is 46.4 cm³/mol. The van der Waals surface area contributed by atoms with E-state index in [-0.39, 0.29) is 6.61 Å². The minimum Gasteiger partial charge on any atom is -0.397 e. The second-order valence-corrected chi connectivity index (χ2v) is 2.66. The van der Waals surface area contributed by atoms with Gasteiger partial charge in [-0.1, -0.05) is 0 Å². The molecule has 0 amide bonds. The van der Waals surface area contributed by atoms with E-state index >= 15 is 0 Å². The van der Waals surface area contributed by atoms with E-state index in [0.29, 0.717) is 5.69 Å². The van der Waals surface area contributed by atoms with Gasteiger partial charge >= 0.3 is 0 Å². The highest BCUT2D eigenvalue weighted by atomic mass is 16.3. The van der Waals surface area contributed by atoms with Crippen molar-refractivity contribution < 1.29 is 5.11 Å². The van der Waals surface area contributed by atoms with Crippen molar-refractivity contribution in [3.8, 4) is 0 Å². The van der Waals surface area contributed by atoms with Gasteiger partial charge in [-0.05, 0) is 12.1 Å². The van der Waals surface area contributed by atoms with E-state index in [4.69, 9.17) is 10.8 Å². The molecule has 4 nitrogen and oxygen atoms in total. The minimum absolute atomic E-state index is 0.00371. The number of rotatable bonds is 1. The molecule has 0 saturated heterocycles. The molecule has 0 spiro atoms. The summed E-state index contributed by atoms with van der Waals surface area (Å²) in [5.74, 6) is 0. The number of pyridine rings is 1. The van der Waals surface area contributed by atoms with E-state index in [9.17, 15) is 0 Å². The lowest BCUT2D eigenvalue weighted by molar-refractivity contribution is 0.278. The first kappa shape index (κ1) is 7.12. The summed E-state index contributed by atoms with van der Waals surface area (Å²) >= 11 is 0. The van der Waals surface area contributed by atoms with Gasteiger partial charge in [0.2, 0.25) is 0 Å². The molecule has 0 fully saturated rings. The number of hydrogen-bond acceptors (Lipinski definition) is 3. The fraction of sp³-hybridized carbons (Fsp3) is 0.125. The average Bonchev–Trinajstić information content (AvgIpc) is 2.46. The average molecular weight is 163 g/mol. The predicted octanol–water partition coefficient (Wildman–Crippen LogP) is 0.637. The van der Waals surface area contributed by atoms with Crippen molar-refractivity contribution in [1.29, 1.82) is 0 Å². The first-order chi connectivity index (χ1) is 5.79. The van der Waals surface area contributed by atoms with Crippen molar-refractivity contribution in [2.75, 3.05) is 5.73 Å². The van der Waals surface area contributed by atoms with E-state index < -0.39 is 0 Å². The van der Waals surface area contributed by atoms with Crippen LogP contribution in [0.15, 0.2) is 18.3 Å². The van der Waals surface area contributed by atoms with Crippen LogP contribution in [-0.2, 0) is 6.61 Å². The normalized spacial score (nSPS) is 10.8. The highest BCUT2D eigenvalue weighted by Gasteiger charge is 1.99. The standard InChI is InChI=1S/C8H9N3O/c9-6-1-5-2-7(4-12)11-8(5)10-3-6/h1-3,12H,4,9H2,(H,10,11). The summed E-state index contributed by atoms with van der Waals surface area (Å²) in [7, 11) is 0. The summed E-state index contributed by atoms with van der Waals surface area (Å²) in [5, 5.41) is 9.75. The molecule has 0 radical (unpaired) electrons. The molecule has 2 aromatic heterocycles. The maximum atomic E-state index is 8.82. The summed E-state index contributed by atoms with van der Waals surface area (Å²) in [5.41, 5.74) is 7.68. The van der Waals surface area contributed by atoms with E-state index in [1.54, 1.807) is 6.20 Å². The second kappa shape index (κ2) is 2.49. The molecule has 4 N–H and O–H groups in total. The van der Waals surface area contributed by atoms with Crippen LogP contribution in [0, 0.1) is 0 Å². The Bertz CT molecular complexity index is 408. The molecule has 0 atom stereocenters. The molecule has 2 aromatic rings. The summed E-state index contributed by atoms with van der Waals surface area (Å²) in [6.45, 7) is -0.00371. The third kappa shape index (κ3) is 1.02. The van der Waals surface area contributed by atoms with Gasteiger partial charge in [-0.15, -0.1) is 0 Å². The van der Waals surface area contributed by atoms with Crippen LogP contribution in [-0.4, -0.2) is 15.1 Å². The molecule has 0 unspecified atom stereocenters. The molecule has 0 aromatic carbocycles. The Morgan fingerprint density at radius 2 is 2.33 bits per heavy atom. The number of aliphatic hydroxyl groups excluding tert-OH is 1. The lowest BCUT2D eigenvalue weighted by Crippen LogP contribution is -1.85. The number of aromatic amines is 1. The number of aliphatic hydroxyl groups is 1. The van der Waals surface area contributed by atoms with Gasteiger partial charge < -0.3 is 15.8 Å². The Hall–Kier alpha value is -1.55. The van der Waals surface area contributed by atoms with Gasteiger partial charge in [0.15, 0.2) is 0 Å². The smallest absolute Gasteiger partial charge is 0.137 e. The number of fused-ring (bicyclic) bond motifs is 1. The Labute approximate surface area is 69.0 Å². The quantitative estimate of drug-likeness (QED) is 0.577. The number of aromatic nitrogens is 2. The number of nitrogens with zero attached hydrogens (tertiary/aromatic N) is 1. The maximum absolute atomic E-state index is 8.82. The number of nitrogens with two attached hydrogens (primary N) is 1. The number of nitrogens with one attached hydrogen (secondary N) is 1. The summed E-state index contributed by atoms with van der Waals surface area (Å²) in [6, 6.07) is 3.65. The highest BCUT2D eigenvalue weighted by molar-refractivity contribution is 5.79. The lowest BCUT2D eigenvalue weighted by Gasteiger charge is -1.90. The van der Waals surface area contributed by atoms with Crippen LogP contribution < -0.4 is 5.73 Å². The second-order valence-electron chi connectivity index (χ2n) is 2.66. The third-order valence-electron chi connectivity index (χ3n) is 1.72. The van der Waals surface area contributed by atoms with Crippen molar-refractivity contribution in [2.45, 2.75) is 6.61 Å². The Morgan fingerprint density at radius 1 is 1.50 bits per heavy atom. The number of anilines is 1. The van der Waals surface area contributed by atoms with Gasteiger partial charge in [0.25, 0.3) is 0 Å². The molecular weight excluding hydrogens is 154 g/mol. The van der Waals surface area contributed by atoms with E-state index in [2.05, 4.69) is 9.97 Å². The first-order valence-electron chi connectivity index (χ1n) is 3.63. The molecule has 0 bridgehead atoms. The van der Waals surface area contributed by atoms with E-state index in [1.807, 2.05) is 12.1 Å². The van der Waals surface area contributed by atoms with Crippen molar-refractivity contribution in [3.05, 3.63) is 24.0 Å². The summed E-state index contributed by atoms with van der Waals surface area (Å²) in [4.78, 5) is 7.01. The van der Waals surface area contributed by atoms with Crippen LogP contribution in [0.5, 0.6) is 0 Å². The zero-order valence-electron chi connectivity index (χ0n) is 6.41. The number of hydrogen-bond donors (Lipinski definition) is 3. The van der Waals surface area contributed by atoms with Gasteiger partial charge in [-0.2, -0.15) is 0 Å². The van der Waals surface area contributed by atoms with Crippen LogP contribution >= 0.6 is 0 Å². The van der Waals surface area contributed by atoms with Crippen molar-refractivity contribution in [3.63, 3.8) is 0 Å². The van der Waals surface area contributed by atoms with E-state index in [1.165, 1.54) is 0 Å². The molecule has 4 heteroatoms. The fourth-order valence-electron chi connectivity index (χ4n) is 1.17. The fourth-order valence-corrected chi connectivity index (χ4v) is 1.17. The Kier molecular flexibility index (Phi) is 1.48. The molecule has 0 saturated carbocycles. The van der Waals surface area contributed by atoms with Gasteiger partial charge in [0.05, 0.1) is 18.5 Å². The molecule has 0 aliphatic rings. The van der Waals surface area contributed by atoms with Crippen LogP contribution in [0.25, 0.3) is 11.0 Å². The third-order valence-corrected chi connectivity index (χ3v) is 1.72. The maximum Gasteiger partial charge on any atom is 0.137 e. The molecule has 62 valence electrons. The summed E-state index contributed by atoms with van der Waals surface area (Å²) in [6.07, 6.45) is 1.58. The van der Waals surface area contributed by atoms with Crippen molar-refractivity contribution in [2.24, 2.45) is 0 Å². The molecule has 2 rings (SSSR count). The zero-order valence-corrected chi connectivity index (χ0v) is 6.41. The summed E-state index contributed by atoms with van der Waals surface area (Å²) < 4.78 is 0. The molecule has 12 heavy (non-hydrogen) atoms. The minimum atomic E-state index is -0.00371. The van der Waals surface area contributed by atoms with Crippen LogP contribution in [0.4, 0.5) is 5.69 Å². The van der Waals surface area contributed by atoms with Gasteiger partial charge in [0.1, 0.15) is 5.65 Å². The van der Waals surface area contributed by atoms with Crippen LogP contribution in [0.2, 0.25) is 0 Å². The Balaban J connectivity index is 2.67. The molecule has 0 aliphatic carbocycles. The zero-order chi connectivity index (χ0) is 8.55. The highest BCUT2D eigenvalue weighted by Crippen LogP contribution is 2.15. The largest absolute Gasteiger partial charge is 0.397 e. The van der Waals surface area contributed by atoms with Crippen LogP contribution in [0.3, 0.4) is 0 Å². The van der Waals surface area contributed by atoms with Crippen LogP contribution in [0.1, 0.15) is 5.69 Å². The Morgan fingerprint density at radius 3 is 3.08 bits per heavy atom. The van der Waals surface area contributed by atoms with E-state index in [0.717, 1.165) is 16.7 Å². The monoisotopic (exact) mass is 163 g/mol. The number of nitrogen functional groups attached to an aromatic ring is 1. The number of H-pyrrole nitrogens is 1. The van der Waals surface area contributed by atoms with Gasteiger partial charge in [0, 0.05) is 11.1 Å². The molecule has 2 heterocycles. The first-order valence-corrected chi connectivity index (χ1v) is 3.63. The van der Waals surface area contributed by atoms with Gasteiger partial charge in [-0.3, -0.25) is 0 Å². The van der Waals surface area contributed by atoms with Crippen molar-refractivity contribution in [1.82, 2.24) is 9.97 Å². The SMILES string of the molecule is Nc1cnc2[nH]c(CO)cc2c1. The van der Waals surface area contributed by atoms with Crippen molar-refractivity contribution >= 4 is 16.7 Å². The topological polar surface area (TPSA) is 74.9 Å². The molecule has 0 aliphatic heterocycles.